The SMILES string of the molecule is O=C(O)NC(CSCc1ccccc1)C(=O)Nc1n[nH]c(=S)s1. The fourth-order valence-corrected chi connectivity index (χ4v) is 3.49. The molecule has 0 aliphatic carbocycles. The summed E-state index contributed by atoms with van der Waals surface area (Å²) in [5.41, 5.74) is 1.11. The van der Waals surface area contributed by atoms with Crippen molar-refractivity contribution in [1.82, 2.24) is 15.5 Å². The smallest absolute Gasteiger partial charge is 0.405 e. The molecular weight excluding hydrogens is 356 g/mol. The number of thioether (sulfide) groups is 1. The zero-order chi connectivity index (χ0) is 16.7. The fourth-order valence-electron chi connectivity index (χ4n) is 1.68. The van der Waals surface area contributed by atoms with Gasteiger partial charge in [-0.05, 0) is 17.8 Å². The van der Waals surface area contributed by atoms with Gasteiger partial charge in [-0.15, -0.1) is 5.10 Å². The largest absolute Gasteiger partial charge is 0.465 e. The molecule has 2 aromatic rings. The van der Waals surface area contributed by atoms with Crippen LogP contribution in [0.25, 0.3) is 0 Å². The molecule has 23 heavy (non-hydrogen) atoms. The molecule has 7 nitrogen and oxygen atoms in total. The fraction of sp³-hybridized carbons (Fsp3) is 0.231. The first-order chi connectivity index (χ1) is 11.0. The molecule has 0 bridgehead atoms. The highest BCUT2D eigenvalue weighted by Gasteiger charge is 2.21. The summed E-state index contributed by atoms with van der Waals surface area (Å²) in [5, 5.41) is 20.3. The number of hydrogen-bond donors (Lipinski definition) is 4. The number of aromatic amines is 1. The lowest BCUT2D eigenvalue weighted by Gasteiger charge is -2.15. The molecule has 2 amide bonds. The van der Waals surface area contributed by atoms with Crippen LogP contribution in [0.1, 0.15) is 5.56 Å². The molecule has 1 aromatic carbocycles. The molecule has 122 valence electrons. The summed E-state index contributed by atoms with van der Waals surface area (Å²) < 4.78 is 0.432. The molecule has 10 heteroatoms. The summed E-state index contributed by atoms with van der Waals surface area (Å²) in [4.78, 5) is 23.0. The van der Waals surface area contributed by atoms with Crippen LogP contribution in [0.4, 0.5) is 9.93 Å². The van der Waals surface area contributed by atoms with Crippen molar-refractivity contribution in [3.63, 3.8) is 0 Å². The van der Waals surface area contributed by atoms with Crippen molar-refractivity contribution in [2.24, 2.45) is 0 Å². The summed E-state index contributed by atoms with van der Waals surface area (Å²) in [6.45, 7) is 0. The molecule has 0 radical (unpaired) electrons. The number of anilines is 1. The van der Waals surface area contributed by atoms with Crippen LogP contribution in [-0.4, -0.2) is 39.1 Å². The number of nitrogens with zero attached hydrogens (tertiary/aromatic N) is 1. The molecule has 1 atom stereocenters. The van der Waals surface area contributed by atoms with Crippen LogP contribution >= 0.6 is 35.3 Å². The average Bonchev–Trinajstić information content (AvgIpc) is 2.92. The highest BCUT2D eigenvalue weighted by molar-refractivity contribution is 7.98. The van der Waals surface area contributed by atoms with Crippen LogP contribution in [-0.2, 0) is 10.5 Å². The number of carbonyl (C=O) groups is 2. The Hall–Kier alpha value is -1.91. The number of aromatic nitrogens is 2. The normalized spacial score (nSPS) is 11.7. The minimum Gasteiger partial charge on any atom is -0.465 e. The molecule has 2 rings (SSSR count). The van der Waals surface area contributed by atoms with Crippen molar-refractivity contribution < 1.29 is 14.7 Å². The van der Waals surface area contributed by atoms with Crippen LogP contribution < -0.4 is 10.6 Å². The van der Waals surface area contributed by atoms with E-state index in [0.717, 1.165) is 16.9 Å². The van der Waals surface area contributed by atoms with Gasteiger partial charge in [0, 0.05) is 11.5 Å². The molecule has 0 aliphatic rings. The van der Waals surface area contributed by atoms with E-state index in [9.17, 15) is 9.59 Å². The molecule has 0 spiro atoms. The van der Waals surface area contributed by atoms with E-state index in [4.69, 9.17) is 17.3 Å². The second kappa shape index (κ2) is 8.65. The van der Waals surface area contributed by atoms with E-state index in [1.54, 1.807) is 0 Å². The minimum absolute atomic E-state index is 0.308. The van der Waals surface area contributed by atoms with Gasteiger partial charge in [-0.3, -0.25) is 15.2 Å². The van der Waals surface area contributed by atoms with Crippen LogP contribution in [0.15, 0.2) is 30.3 Å². The van der Waals surface area contributed by atoms with E-state index >= 15 is 0 Å². The zero-order valence-electron chi connectivity index (χ0n) is 11.8. The number of amides is 2. The Balaban J connectivity index is 1.91. The number of nitrogens with one attached hydrogen (secondary N) is 3. The second-order valence-corrected chi connectivity index (χ2v) is 7.11. The van der Waals surface area contributed by atoms with Crippen LogP contribution in [0, 0.1) is 3.95 Å². The molecule has 1 heterocycles. The number of H-pyrrole nitrogens is 1. The Morgan fingerprint density at radius 3 is 2.74 bits per heavy atom. The Kier molecular flexibility index (Phi) is 6.56. The van der Waals surface area contributed by atoms with Crippen LogP contribution in [0.3, 0.4) is 0 Å². The first kappa shape index (κ1) is 17.4. The van der Waals surface area contributed by atoms with E-state index in [2.05, 4.69) is 20.8 Å². The maximum atomic E-state index is 12.2. The van der Waals surface area contributed by atoms with Crippen molar-refractivity contribution in [2.75, 3.05) is 11.1 Å². The third kappa shape index (κ3) is 6.00. The summed E-state index contributed by atoms with van der Waals surface area (Å²) >= 11 is 7.46. The Bertz CT molecular complexity index is 717. The number of benzene rings is 1. The highest BCUT2D eigenvalue weighted by Crippen LogP contribution is 2.15. The zero-order valence-corrected chi connectivity index (χ0v) is 14.3. The Labute approximate surface area is 145 Å². The molecule has 4 N–H and O–H groups in total. The van der Waals surface area contributed by atoms with Gasteiger partial charge in [0.05, 0.1) is 0 Å². The standard InChI is InChI=1S/C13H14N4O3S3/c18-10(15-11-16-17-13(21)23-11)9(14-12(19)20)7-22-6-8-4-2-1-3-5-8/h1-5,9,14H,6-7H2,(H,17,21)(H,19,20)(H,15,16,18). The molecule has 0 aliphatic heterocycles. The van der Waals surface area contributed by atoms with E-state index in [1.807, 2.05) is 30.3 Å². The van der Waals surface area contributed by atoms with Gasteiger partial charge >= 0.3 is 6.09 Å². The minimum atomic E-state index is -1.25. The van der Waals surface area contributed by atoms with Gasteiger partial charge in [-0.1, -0.05) is 41.7 Å². The van der Waals surface area contributed by atoms with Gasteiger partial charge < -0.3 is 10.4 Å². The molecule has 0 fully saturated rings. The van der Waals surface area contributed by atoms with E-state index in [-0.39, 0.29) is 0 Å². The summed E-state index contributed by atoms with van der Waals surface area (Å²) in [6.07, 6.45) is -1.25. The van der Waals surface area contributed by atoms with Crippen molar-refractivity contribution in [3.05, 3.63) is 39.8 Å². The van der Waals surface area contributed by atoms with Gasteiger partial charge in [0.2, 0.25) is 11.0 Å². The number of hydrogen-bond acceptors (Lipinski definition) is 6. The van der Waals surface area contributed by atoms with Gasteiger partial charge in [-0.2, -0.15) is 11.8 Å². The van der Waals surface area contributed by atoms with Crippen molar-refractivity contribution >= 4 is 52.4 Å². The van der Waals surface area contributed by atoms with Crippen molar-refractivity contribution in [2.45, 2.75) is 11.8 Å². The summed E-state index contributed by atoms with van der Waals surface area (Å²) in [7, 11) is 0. The van der Waals surface area contributed by atoms with E-state index in [1.165, 1.54) is 11.8 Å². The third-order valence-electron chi connectivity index (χ3n) is 2.68. The van der Waals surface area contributed by atoms with Gasteiger partial charge in [0.1, 0.15) is 6.04 Å². The first-order valence-corrected chi connectivity index (χ1v) is 8.90. The van der Waals surface area contributed by atoms with Gasteiger partial charge in [0.25, 0.3) is 0 Å². The topological polar surface area (TPSA) is 107 Å². The van der Waals surface area contributed by atoms with Crippen molar-refractivity contribution in [1.29, 1.82) is 0 Å². The molecule has 0 saturated heterocycles. The molecule has 1 aromatic heterocycles. The second-order valence-electron chi connectivity index (χ2n) is 4.41. The molecular formula is C13H14N4O3S3. The van der Waals surface area contributed by atoms with E-state index in [0.29, 0.717) is 20.6 Å². The lowest BCUT2D eigenvalue weighted by atomic mass is 10.2. The third-order valence-corrected chi connectivity index (χ3v) is 4.79. The number of rotatable bonds is 7. The Morgan fingerprint density at radius 1 is 1.39 bits per heavy atom. The van der Waals surface area contributed by atoms with E-state index < -0.39 is 18.0 Å². The predicted molar refractivity (Wildman–Crippen MR) is 93.5 cm³/mol. The monoisotopic (exact) mass is 370 g/mol. The van der Waals surface area contributed by atoms with Gasteiger partial charge in [0.15, 0.2) is 3.95 Å². The molecule has 0 saturated carbocycles. The summed E-state index contributed by atoms with van der Waals surface area (Å²) in [6, 6.07) is 8.86. The summed E-state index contributed by atoms with van der Waals surface area (Å²) in [5.74, 6) is 0.529. The Morgan fingerprint density at radius 2 is 2.13 bits per heavy atom. The highest BCUT2D eigenvalue weighted by atomic mass is 32.2. The van der Waals surface area contributed by atoms with Crippen molar-refractivity contribution in [3.8, 4) is 0 Å². The average molecular weight is 370 g/mol. The van der Waals surface area contributed by atoms with Crippen LogP contribution in [0.5, 0.6) is 0 Å². The maximum absolute atomic E-state index is 12.2. The lowest BCUT2D eigenvalue weighted by Crippen LogP contribution is -2.45. The molecule has 1 unspecified atom stereocenters. The lowest BCUT2D eigenvalue weighted by molar-refractivity contribution is -0.117. The van der Waals surface area contributed by atoms with Gasteiger partial charge in [-0.25, -0.2) is 4.79 Å². The first-order valence-electron chi connectivity index (χ1n) is 6.52. The number of carbonyl (C=O) groups excluding carboxylic acids is 1. The number of carboxylic acid groups (broad SMARTS) is 1. The predicted octanol–water partition coefficient (Wildman–Crippen LogP) is 2.71. The maximum Gasteiger partial charge on any atom is 0.405 e. The van der Waals surface area contributed by atoms with Crippen LogP contribution in [0.2, 0.25) is 0 Å². The quantitative estimate of drug-likeness (QED) is 0.558.